The van der Waals surface area contributed by atoms with Crippen LogP contribution in [0.15, 0.2) is 47.2 Å². The maximum atomic E-state index is 13.4. The summed E-state index contributed by atoms with van der Waals surface area (Å²) in [6.45, 7) is 2.90. The molecule has 0 unspecified atom stereocenters. The number of halogens is 3. The lowest BCUT2D eigenvalue weighted by molar-refractivity contribution is -0.136. The second-order valence-electron chi connectivity index (χ2n) is 6.89. The predicted octanol–water partition coefficient (Wildman–Crippen LogP) is 3.90. The molecule has 3 aromatic rings. The fraction of sp³-hybridized carbons (Fsp3) is 0.300. The van der Waals surface area contributed by atoms with Crippen molar-refractivity contribution in [3.05, 3.63) is 53.9 Å². The molecule has 2 aromatic heterocycles. The normalized spacial score (nSPS) is 15.9. The fourth-order valence-corrected chi connectivity index (χ4v) is 3.32. The number of aromatic nitrogens is 1. The summed E-state index contributed by atoms with van der Waals surface area (Å²) >= 11 is 0. The van der Waals surface area contributed by atoms with E-state index < -0.39 is 11.7 Å². The smallest absolute Gasteiger partial charge is 0.420 e. The molecule has 0 bridgehead atoms. The van der Waals surface area contributed by atoms with Gasteiger partial charge in [-0.25, -0.2) is 0 Å². The number of nitrogens with zero attached hydrogens (tertiary/aromatic N) is 3. The van der Waals surface area contributed by atoms with Crippen LogP contribution in [0.4, 0.5) is 13.2 Å². The number of benzene rings is 1. The molecule has 0 radical (unpaired) electrons. The van der Waals surface area contributed by atoms with E-state index in [9.17, 15) is 18.0 Å². The molecule has 5 nitrogen and oxygen atoms in total. The summed E-state index contributed by atoms with van der Waals surface area (Å²) < 4.78 is 45.1. The number of amides is 1. The molecule has 1 aliphatic rings. The van der Waals surface area contributed by atoms with Gasteiger partial charge in [0.2, 0.25) is 0 Å². The lowest BCUT2D eigenvalue weighted by atomic mass is 10.0. The molecule has 1 aliphatic heterocycles. The molecule has 1 saturated heterocycles. The van der Waals surface area contributed by atoms with Crippen LogP contribution in [0, 0.1) is 0 Å². The highest BCUT2D eigenvalue weighted by molar-refractivity contribution is 5.94. The van der Waals surface area contributed by atoms with Gasteiger partial charge in [0.25, 0.3) is 5.91 Å². The van der Waals surface area contributed by atoms with Gasteiger partial charge < -0.3 is 14.2 Å². The number of furan rings is 1. The van der Waals surface area contributed by atoms with Crippen molar-refractivity contribution in [2.75, 3.05) is 33.2 Å². The number of pyridine rings is 1. The summed E-state index contributed by atoms with van der Waals surface area (Å²) in [4.78, 5) is 20.7. The monoisotopic (exact) mass is 389 g/mol. The first-order valence-electron chi connectivity index (χ1n) is 8.85. The molecule has 0 saturated carbocycles. The molecule has 0 N–H and O–H groups in total. The number of rotatable bonds is 2. The lowest BCUT2D eigenvalue weighted by Crippen LogP contribution is -2.47. The van der Waals surface area contributed by atoms with Gasteiger partial charge in [-0.05, 0) is 37.4 Å². The molecule has 0 atom stereocenters. The molecular weight excluding hydrogens is 371 g/mol. The Bertz CT molecular complexity index is 1000. The van der Waals surface area contributed by atoms with Crippen molar-refractivity contribution < 1.29 is 22.4 Å². The Morgan fingerprint density at radius 2 is 1.86 bits per heavy atom. The summed E-state index contributed by atoms with van der Waals surface area (Å²) in [5.74, 6) is -0.117. The summed E-state index contributed by atoms with van der Waals surface area (Å²) in [6, 6.07) is 7.29. The van der Waals surface area contributed by atoms with Crippen molar-refractivity contribution in [1.82, 2.24) is 14.8 Å². The molecule has 1 fully saturated rings. The van der Waals surface area contributed by atoms with E-state index in [0.717, 1.165) is 19.2 Å². The molecule has 1 aromatic carbocycles. The number of alkyl halides is 3. The van der Waals surface area contributed by atoms with Gasteiger partial charge in [-0.3, -0.25) is 9.78 Å². The van der Waals surface area contributed by atoms with E-state index in [1.807, 2.05) is 7.05 Å². The number of fused-ring (bicyclic) bond motifs is 1. The third kappa shape index (κ3) is 3.47. The van der Waals surface area contributed by atoms with Crippen molar-refractivity contribution in [3.63, 3.8) is 0 Å². The fourth-order valence-electron chi connectivity index (χ4n) is 3.32. The lowest BCUT2D eigenvalue weighted by Gasteiger charge is -2.32. The molecule has 0 spiro atoms. The van der Waals surface area contributed by atoms with Gasteiger partial charge in [-0.2, -0.15) is 13.2 Å². The van der Waals surface area contributed by atoms with Crippen LogP contribution in [-0.4, -0.2) is 53.9 Å². The summed E-state index contributed by atoms with van der Waals surface area (Å²) in [5.41, 5.74) is 0.0691. The SMILES string of the molecule is CN1CCN(C(=O)c2ccc(-c3cc(C(F)(F)F)c4occc4c3)nc2)CC1. The van der Waals surface area contributed by atoms with Crippen LogP contribution in [0.1, 0.15) is 15.9 Å². The first-order valence-corrected chi connectivity index (χ1v) is 8.85. The Morgan fingerprint density at radius 1 is 1.11 bits per heavy atom. The highest BCUT2D eigenvalue weighted by Crippen LogP contribution is 2.38. The summed E-state index contributed by atoms with van der Waals surface area (Å²) in [6.07, 6.45) is -1.89. The molecule has 3 heterocycles. The standard InChI is InChI=1S/C20H18F3N3O2/c1-25-5-7-26(8-6-25)19(27)14-2-3-17(24-12-14)15-10-13-4-9-28-18(13)16(11-15)20(21,22)23/h2-4,9-12H,5-8H2,1H3. The number of piperazine rings is 1. The van der Waals surface area contributed by atoms with Gasteiger partial charge in [0.15, 0.2) is 0 Å². The van der Waals surface area contributed by atoms with E-state index >= 15 is 0 Å². The average Bonchev–Trinajstić information content (AvgIpc) is 3.15. The second kappa shape index (κ2) is 6.94. The zero-order valence-corrected chi connectivity index (χ0v) is 15.2. The minimum absolute atomic E-state index is 0.117. The quantitative estimate of drug-likeness (QED) is 0.667. The minimum Gasteiger partial charge on any atom is -0.464 e. The highest BCUT2D eigenvalue weighted by Gasteiger charge is 2.35. The van der Waals surface area contributed by atoms with Crippen LogP contribution in [0.5, 0.6) is 0 Å². The Kier molecular flexibility index (Phi) is 4.58. The van der Waals surface area contributed by atoms with Gasteiger partial charge >= 0.3 is 6.18 Å². The number of carbonyl (C=O) groups is 1. The van der Waals surface area contributed by atoms with Crippen LogP contribution in [0.3, 0.4) is 0 Å². The average molecular weight is 389 g/mol. The van der Waals surface area contributed by atoms with Crippen molar-refractivity contribution in [2.24, 2.45) is 0 Å². The molecule has 0 aliphatic carbocycles. The minimum atomic E-state index is -4.54. The number of likely N-dealkylation sites (N-methyl/N-ethyl adjacent to an activating group) is 1. The van der Waals surface area contributed by atoms with E-state index in [-0.39, 0.29) is 11.5 Å². The molecule has 8 heteroatoms. The van der Waals surface area contributed by atoms with E-state index in [2.05, 4.69) is 9.88 Å². The zero-order chi connectivity index (χ0) is 19.9. The maximum absolute atomic E-state index is 13.4. The van der Waals surface area contributed by atoms with Crippen LogP contribution >= 0.6 is 0 Å². The zero-order valence-electron chi connectivity index (χ0n) is 15.2. The van der Waals surface area contributed by atoms with Crippen LogP contribution in [0.2, 0.25) is 0 Å². The van der Waals surface area contributed by atoms with Gasteiger partial charge in [0.1, 0.15) is 5.58 Å². The molecule has 146 valence electrons. The van der Waals surface area contributed by atoms with Crippen molar-refractivity contribution in [3.8, 4) is 11.3 Å². The second-order valence-corrected chi connectivity index (χ2v) is 6.89. The summed E-state index contributed by atoms with van der Waals surface area (Å²) in [7, 11) is 2.00. The van der Waals surface area contributed by atoms with Crippen LogP contribution in [-0.2, 0) is 6.18 Å². The number of hydrogen-bond donors (Lipinski definition) is 0. The molecule has 28 heavy (non-hydrogen) atoms. The topological polar surface area (TPSA) is 49.6 Å². The van der Waals surface area contributed by atoms with Crippen molar-refractivity contribution >= 4 is 16.9 Å². The third-order valence-electron chi connectivity index (χ3n) is 4.95. The van der Waals surface area contributed by atoms with Gasteiger partial charge in [-0.15, -0.1) is 0 Å². The van der Waals surface area contributed by atoms with Gasteiger partial charge in [-0.1, -0.05) is 0 Å². The Morgan fingerprint density at radius 3 is 2.50 bits per heavy atom. The first kappa shape index (κ1) is 18.5. The van der Waals surface area contributed by atoms with Crippen LogP contribution < -0.4 is 0 Å². The molecule has 4 rings (SSSR count). The predicted molar refractivity (Wildman–Crippen MR) is 97.8 cm³/mol. The first-order chi connectivity index (χ1) is 13.3. The Hall–Kier alpha value is -2.87. The molecular formula is C20H18F3N3O2. The largest absolute Gasteiger partial charge is 0.464 e. The van der Waals surface area contributed by atoms with Gasteiger partial charge in [0.05, 0.1) is 23.1 Å². The van der Waals surface area contributed by atoms with E-state index in [0.29, 0.717) is 35.3 Å². The number of carbonyl (C=O) groups excluding carboxylic acids is 1. The van der Waals surface area contributed by atoms with Crippen molar-refractivity contribution in [2.45, 2.75) is 6.18 Å². The Labute approximate surface area is 159 Å². The van der Waals surface area contributed by atoms with E-state index in [1.54, 1.807) is 23.1 Å². The number of hydrogen-bond acceptors (Lipinski definition) is 4. The van der Waals surface area contributed by atoms with E-state index in [1.165, 1.54) is 18.5 Å². The molecule has 1 amide bonds. The van der Waals surface area contributed by atoms with E-state index in [4.69, 9.17) is 4.42 Å². The van der Waals surface area contributed by atoms with Crippen molar-refractivity contribution in [1.29, 1.82) is 0 Å². The van der Waals surface area contributed by atoms with Gasteiger partial charge in [0, 0.05) is 43.3 Å². The Balaban J connectivity index is 1.63. The third-order valence-corrected chi connectivity index (χ3v) is 4.95. The van der Waals surface area contributed by atoms with Crippen LogP contribution in [0.25, 0.3) is 22.2 Å². The summed E-state index contributed by atoms with van der Waals surface area (Å²) in [5, 5.41) is 0.351. The maximum Gasteiger partial charge on any atom is 0.420 e. The highest BCUT2D eigenvalue weighted by atomic mass is 19.4.